The minimum absolute atomic E-state index is 0.0179. The molecule has 3 aliphatic heterocycles. The Balaban J connectivity index is 1.26. The second kappa shape index (κ2) is 8.39. The monoisotopic (exact) mass is 408 g/mol. The molecule has 0 saturated carbocycles. The number of nitrogens with zero attached hydrogens (tertiary/aromatic N) is 2. The summed E-state index contributed by atoms with van der Waals surface area (Å²) in [6, 6.07) is 7.40. The van der Waals surface area contributed by atoms with E-state index in [1.807, 2.05) is 29.2 Å². The van der Waals surface area contributed by atoms with Gasteiger partial charge in [0.05, 0.1) is 17.6 Å². The zero-order valence-corrected chi connectivity index (χ0v) is 16.9. The highest BCUT2D eigenvalue weighted by molar-refractivity contribution is 7.91. The summed E-state index contributed by atoms with van der Waals surface area (Å²) in [5.41, 5.74) is 0.654. The van der Waals surface area contributed by atoms with Crippen molar-refractivity contribution in [3.05, 3.63) is 29.8 Å². The standard InChI is InChI=1S/C20H28N2O5S/c23-20(16-3-5-18(6-4-16)27-14-19-2-1-12-26-19)22-10-8-21(9-11-22)17-7-13-28(24,25)15-17/h3-6,17,19H,1-2,7-15H2/t17-,19+/m1/s1. The van der Waals surface area contributed by atoms with Gasteiger partial charge in [-0.3, -0.25) is 9.69 Å². The molecular formula is C20H28N2O5S. The summed E-state index contributed by atoms with van der Waals surface area (Å²) in [5.74, 6) is 1.32. The van der Waals surface area contributed by atoms with Gasteiger partial charge in [0.15, 0.2) is 9.84 Å². The number of carbonyl (C=O) groups excluding carboxylic acids is 1. The molecule has 4 rings (SSSR count). The Morgan fingerprint density at radius 3 is 2.46 bits per heavy atom. The number of sulfone groups is 1. The molecule has 3 fully saturated rings. The minimum Gasteiger partial charge on any atom is -0.491 e. The average Bonchev–Trinajstić information content (AvgIpc) is 3.36. The summed E-state index contributed by atoms with van der Waals surface area (Å²) >= 11 is 0. The van der Waals surface area contributed by atoms with Crippen molar-refractivity contribution in [1.29, 1.82) is 0 Å². The number of rotatable bonds is 5. The van der Waals surface area contributed by atoms with Crippen LogP contribution in [0.5, 0.6) is 5.75 Å². The Morgan fingerprint density at radius 2 is 1.86 bits per heavy atom. The first kappa shape index (κ1) is 19.7. The summed E-state index contributed by atoms with van der Waals surface area (Å²) in [7, 11) is -2.87. The average molecular weight is 409 g/mol. The van der Waals surface area contributed by atoms with Crippen molar-refractivity contribution in [2.75, 3.05) is 50.9 Å². The van der Waals surface area contributed by atoms with Crippen LogP contribution in [0, 0.1) is 0 Å². The highest BCUT2D eigenvalue weighted by atomic mass is 32.2. The van der Waals surface area contributed by atoms with Gasteiger partial charge in [-0.15, -0.1) is 0 Å². The van der Waals surface area contributed by atoms with E-state index in [0.717, 1.165) is 38.3 Å². The number of hydrogen-bond acceptors (Lipinski definition) is 6. The van der Waals surface area contributed by atoms with Crippen LogP contribution in [0.25, 0.3) is 0 Å². The molecule has 0 bridgehead atoms. The van der Waals surface area contributed by atoms with Crippen LogP contribution in [-0.4, -0.2) is 87.2 Å². The molecule has 2 atom stereocenters. The molecule has 154 valence electrons. The van der Waals surface area contributed by atoms with Crippen molar-refractivity contribution in [1.82, 2.24) is 9.80 Å². The first-order chi connectivity index (χ1) is 13.5. The summed E-state index contributed by atoms with van der Waals surface area (Å²) in [5, 5.41) is 0. The van der Waals surface area contributed by atoms with Gasteiger partial charge in [-0.05, 0) is 43.5 Å². The first-order valence-electron chi connectivity index (χ1n) is 10.1. The quantitative estimate of drug-likeness (QED) is 0.729. The van der Waals surface area contributed by atoms with Gasteiger partial charge < -0.3 is 14.4 Å². The third kappa shape index (κ3) is 4.67. The highest BCUT2D eigenvalue weighted by Crippen LogP contribution is 2.21. The lowest BCUT2D eigenvalue weighted by Crippen LogP contribution is -2.52. The van der Waals surface area contributed by atoms with E-state index < -0.39 is 9.84 Å². The van der Waals surface area contributed by atoms with Crippen molar-refractivity contribution in [2.24, 2.45) is 0 Å². The largest absolute Gasteiger partial charge is 0.491 e. The number of hydrogen-bond donors (Lipinski definition) is 0. The minimum atomic E-state index is -2.87. The number of ether oxygens (including phenoxy) is 2. The normalized spacial score (nSPS) is 27.8. The second-order valence-corrected chi connectivity index (χ2v) is 10.1. The Bertz CT molecular complexity index is 781. The number of amides is 1. The van der Waals surface area contributed by atoms with E-state index in [-0.39, 0.29) is 29.6 Å². The Morgan fingerprint density at radius 1 is 1.11 bits per heavy atom. The van der Waals surface area contributed by atoms with Crippen molar-refractivity contribution in [3.63, 3.8) is 0 Å². The van der Waals surface area contributed by atoms with E-state index in [9.17, 15) is 13.2 Å². The molecule has 7 nitrogen and oxygen atoms in total. The zero-order valence-electron chi connectivity index (χ0n) is 16.1. The molecule has 1 aromatic carbocycles. The van der Waals surface area contributed by atoms with Gasteiger partial charge in [0, 0.05) is 44.4 Å². The van der Waals surface area contributed by atoms with E-state index in [1.165, 1.54) is 0 Å². The molecule has 0 N–H and O–H groups in total. The fourth-order valence-electron chi connectivity index (χ4n) is 4.19. The molecule has 0 aliphatic carbocycles. The Labute approximate surface area is 166 Å². The van der Waals surface area contributed by atoms with Crippen molar-refractivity contribution >= 4 is 15.7 Å². The smallest absolute Gasteiger partial charge is 0.253 e. The van der Waals surface area contributed by atoms with Crippen molar-refractivity contribution in [3.8, 4) is 5.75 Å². The SMILES string of the molecule is O=C(c1ccc(OC[C@@H]2CCCO2)cc1)N1CCN([C@@H]2CCS(=O)(=O)C2)CC1. The zero-order chi connectivity index (χ0) is 19.6. The Hall–Kier alpha value is -1.64. The molecular weight excluding hydrogens is 380 g/mol. The number of carbonyl (C=O) groups is 1. The fourth-order valence-corrected chi connectivity index (χ4v) is 5.96. The maximum atomic E-state index is 12.8. The molecule has 8 heteroatoms. The maximum Gasteiger partial charge on any atom is 0.253 e. The van der Waals surface area contributed by atoms with Gasteiger partial charge in [-0.25, -0.2) is 8.42 Å². The molecule has 0 aromatic heterocycles. The maximum absolute atomic E-state index is 12.8. The van der Waals surface area contributed by atoms with E-state index in [1.54, 1.807) is 0 Å². The summed E-state index contributed by atoms with van der Waals surface area (Å²) < 4.78 is 34.7. The van der Waals surface area contributed by atoms with E-state index in [2.05, 4.69) is 4.90 Å². The number of benzene rings is 1. The van der Waals surface area contributed by atoms with Crippen LogP contribution in [0.15, 0.2) is 24.3 Å². The van der Waals surface area contributed by atoms with Gasteiger partial charge in [0.2, 0.25) is 0 Å². The molecule has 0 spiro atoms. The lowest BCUT2D eigenvalue weighted by molar-refractivity contribution is 0.0587. The van der Waals surface area contributed by atoms with Crippen LogP contribution in [0.3, 0.4) is 0 Å². The molecule has 28 heavy (non-hydrogen) atoms. The third-order valence-corrected chi connectivity index (χ3v) is 7.64. The van der Waals surface area contributed by atoms with Crippen molar-refractivity contribution in [2.45, 2.75) is 31.4 Å². The topological polar surface area (TPSA) is 76.2 Å². The lowest BCUT2D eigenvalue weighted by Gasteiger charge is -2.37. The number of piperazine rings is 1. The van der Waals surface area contributed by atoms with Gasteiger partial charge in [0.25, 0.3) is 5.91 Å². The van der Waals surface area contributed by atoms with E-state index in [4.69, 9.17) is 9.47 Å². The molecule has 3 heterocycles. The van der Waals surface area contributed by atoms with Gasteiger partial charge >= 0.3 is 0 Å². The first-order valence-corrected chi connectivity index (χ1v) is 11.9. The van der Waals surface area contributed by atoms with E-state index >= 15 is 0 Å². The molecule has 0 unspecified atom stereocenters. The van der Waals surface area contributed by atoms with Crippen LogP contribution in [0.1, 0.15) is 29.6 Å². The fraction of sp³-hybridized carbons (Fsp3) is 0.650. The molecule has 1 amide bonds. The van der Waals surface area contributed by atoms with Gasteiger partial charge in [0.1, 0.15) is 12.4 Å². The molecule has 0 radical (unpaired) electrons. The molecule has 1 aromatic rings. The third-order valence-electron chi connectivity index (χ3n) is 5.89. The van der Waals surface area contributed by atoms with Gasteiger partial charge in [-0.1, -0.05) is 0 Å². The molecule has 3 saturated heterocycles. The predicted molar refractivity (Wildman–Crippen MR) is 105 cm³/mol. The van der Waals surface area contributed by atoms with E-state index in [0.29, 0.717) is 31.7 Å². The summed E-state index contributed by atoms with van der Waals surface area (Å²) in [6.07, 6.45) is 3.01. The second-order valence-electron chi connectivity index (χ2n) is 7.86. The van der Waals surface area contributed by atoms with Crippen LogP contribution >= 0.6 is 0 Å². The predicted octanol–water partition coefficient (Wildman–Crippen LogP) is 1.19. The van der Waals surface area contributed by atoms with Crippen LogP contribution in [0.2, 0.25) is 0 Å². The van der Waals surface area contributed by atoms with Crippen molar-refractivity contribution < 1.29 is 22.7 Å². The van der Waals surface area contributed by atoms with Crippen LogP contribution < -0.4 is 4.74 Å². The van der Waals surface area contributed by atoms with Crippen LogP contribution in [-0.2, 0) is 14.6 Å². The Kier molecular flexibility index (Phi) is 5.89. The summed E-state index contributed by atoms with van der Waals surface area (Å²) in [6.45, 7) is 4.08. The van der Waals surface area contributed by atoms with Gasteiger partial charge in [-0.2, -0.15) is 0 Å². The summed E-state index contributed by atoms with van der Waals surface area (Å²) in [4.78, 5) is 16.8. The highest BCUT2D eigenvalue weighted by Gasteiger charge is 2.34. The lowest BCUT2D eigenvalue weighted by atomic mass is 10.1. The molecule has 3 aliphatic rings. The van der Waals surface area contributed by atoms with Crippen LogP contribution in [0.4, 0.5) is 0 Å².